The summed E-state index contributed by atoms with van der Waals surface area (Å²) in [6.07, 6.45) is 3.77. The summed E-state index contributed by atoms with van der Waals surface area (Å²) in [7, 11) is 0. The summed E-state index contributed by atoms with van der Waals surface area (Å²) in [4.78, 5) is 2.68. The molecule has 0 amide bonds. The van der Waals surface area contributed by atoms with Crippen LogP contribution in [0.1, 0.15) is 45.6 Å². The van der Waals surface area contributed by atoms with Crippen LogP contribution in [-0.4, -0.2) is 30.6 Å². The lowest BCUT2D eigenvalue weighted by Crippen LogP contribution is -2.61. The molecule has 1 aromatic carbocycles. The first kappa shape index (κ1) is 14.5. The van der Waals surface area contributed by atoms with Gasteiger partial charge < -0.3 is 5.32 Å². The van der Waals surface area contributed by atoms with Crippen molar-refractivity contribution in [2.45, 2.75) is 51.6 Å². The van der Waals surface area contributed by atoms with E-state index >= 15 is 0 Å². The Balaban J connectivity index is 2.18. The van der Waals surface area contributed by atoms with E-state index in [0.29, 0.717) is 6.04 Å². The minimum atomic E-state index is 0.140. The Hall–Kier alpha value is -0.860. The molecule has 0 saturated carbocycles. The summed E-state index contributed by atoms with van der Waals surface area (Å²) in [6.45, 7) is 10.4. The lowest BCUT2D eigenvalue weighted by Gasteiger charge is -2.48. The molecule has 2 unspecified atom stereocenters. The van der Waals surface area contributed by atoms with Gasteiger partial charge in [-0.05, 0) is 31.9 Å². The maximum absolute atomic E-state index is 3.76. The molecule has 1 aliphatic heterocycles. The van der Waals surface area contributed by atoms with E-state index in [0.717, 1.165) is 6.54 Å². The van der Waals surface area contributed by atoms with Gasteiger partial charge in [0.05, 0.1) is 5.54 Å². The number of rotatable bonds is 5. The van der Waals surface area contributed by atoms with Crippen molar-refractivity contribution in [1.29, 1.82) is 0 Å². The molecule has 1 heterocycles. The fourth-order valence-corrected chi connectivity index (χ4v) is 3.22. The van der Waals surface area contributed by atoms with Crippen molar-refractivity contribution in [3.8, 4) is 0 Å². The molecule has 1 aliphatic rings. The zero-order valence-electron chi connectivity index (χ0n) is 12.7. The summed E-state index contributed by atoms with van der Waals surface area (Å²) in [5.41, 5.74) is 1.58. The first-order valence-corrected chi connectivity index (χ1v) is 7.74. The second-order valence-electron chi connectivity index (χ2n) is 5.95. The second-order valence-corrected chi connectivity index (χ2v) is 5.95. The molecule has 1 N–H and O–H groups in total. The van der Waals surface area contributed by atoms with Gasteiger partial charge in [-0.15, -0.1) is 0 Å². The van der Waals surface area contributed by atoms with Crippen molar-refractivity contribution in [2.75, 3.05) is 19.6 Å². The van der Waals surface area contributed by atoms with Crippen molar-refractivity contribution in [3.05, 3.63) is 35.9 Å². The van der Waals surface area contributed by atoms with Crippen LogP contribution < -0.4 is 5.32 Å². The third-order valence-electron chi connectivity index (χ3n) is 4.40. The summed E-state index contributed by atoms with van der Waals surface area (Å²) < 4.78 is 0. The molecule has 0 aromatic heterocycles. The molecule has 1 fully saturated rings. The van der Waals surface area contributed by atoms with Crippen LogP contribution in [0.3, 0.4) is 0 Å². The number of hydrogen-bond acceptors (Lipinski definition) is 2. The lowest BCUT2D eigenvalue weighted by atomic mass is 9.86. The first-order chi connectivity index (χ1) is 9.20. The van der Waals surface area contributed by atoms with E-state index in [1.807, 2.05) is 0 Å². The number of nitrogens with zero attached hydrogens (tertiary/aromatic N) is 1. The van der Waals surface area contributed by atoms with Gasteiger partial charge in [0.1, 0.15) is 0 Å². The minimum Gasteiger partial charge on any atom is -0.311 e. The van der Waals surface area contributed by atoms with Gasteiger partial charge in [-0.1, -0.05) is 50.6 Å². The molecule has 1 aromatic rings. The highest BCUT2D eigenvalue weighted by molar-refractivity contribution is 5.25. The molecule has 0 aliphatic carbocycles. The molecular formula is C17H28N2. The maximum atomic E-state index is 3.76. The Morgan fingerprint density at radius 1 is 1.21 bits per heavy atom. The number of hydrogen-bond donors (Lipinski definition) is 1. The summed E-state index contributed by atoms with van der Waals surface area (Å²) in [5, 5.41) is 3.76. The normalized spacial score (nSPS) is 28.5. The molecule has 2 atom stereocenters. The minimum absolute atomic E-state index is 0.140. The molecule has 2 nitrogen and oxygen atoms in total. The van der Waals surface area contributed by atoms with Gasteiger partial charge in [-0.2, -0.15) is 0 Å². The SMILES string of the molecule is CCCC1CN(CCC)C(C)(c2ccccc2)CN1. The molecule has 106 valence electrons. The Bertz CT molecular complexity index is 376. The van der Waals surface area contributed by atoms with Crippen molar-refractivity contribution < 1.29 is 0 Å². The summed E-state index contributed by atoms with van der Waals surface area (Å²) >= 11 is 0. The van der Waals surface area contributed by atoms with Crippen LogP contribution in [0.25, 0.3) is 0 Å². The van der Waals surface area contributed by atoms with Gasteiger partial charge in [0.25, 0.3) is 0 Å². The molecule has 0 bridgehead atoms. The van der Waals surface area contributed by atoms with Crippen LogP contribution >= 0.6 is 0 Å². The van der Waals surface area contributed by atoms with E-state index in [2.05, 4.69) is 61.3 Å². The van der Waals surface area contributed by atoms with E-state index in [4.69, 9.17) is 0 Å². The fraction of sp³-hybridized carbons (Fsp3) is 0.647. The van der Waals surface area contributed by atoms with Gasteiger partial charge >= 0.3 is 0 Å². The second kappa shape index (κ2) is 6.53. The Labute approximate surface area is 118 Å². The van der Waals surface area contributed by atoms with Crippen molar-refractivity contribution in [3.63, 3.8) is 0 Å². The fourth-order valence-electron chi connectivity index (χ4n) is 3.22. The summed E-state index contributed by atoms with van der Waals surface area (Å²) in [6, 6.07) is 11.6. The maximum Gasteiger partial charge on any atom is 0.0558 e. The zero-order valence-corrected chi connectivity index (χ0v) is 12.7. The third kappa shape index (κ3) is 3.18. The number of piperazine rings is 1. The predicted molar refractivity (Wildman–Crippen MR) is 82.4 cm³/mol. The molecule has 2 rings (SSSR count). The number of nitrogens with one attached hydrogen (secondary N) is 1. The number of benzene rings is 1. The molecule has 2 heteroatoms. The standard InChI is InChI=1S/C17H28N2/c1-4-9-16-13-19(12-5-2)17(3,14-18-16)15-10-7-6-8-11-15/h6-8,10-11,16,18H,4-5,9,12-14H2,1-3H3. The first-order valence-electron chi connectivity index (χ1n) is 7.74. The lowest BCUT2D eigenvalue weighted by molar-refractivity contribution is 0.0476. The van der Waals surface area contributed by atoms with Crippen LogP contribution in [0.2, 0.25) is 0 Å². The van der Waals surface area contributed by atoms with Crippen LogP contribution in [0.5, 0.6) is 0 Å². The third-order valence-corrected chi connectivity index (χ3v) is 4.40. The van der Waals surface area contributed by atoms with Crippen LogP contribution in [0, 0.1) is 0 Å². The van der Waals surface area contributed by atoms with Crippen molar-refractivity contribution >= 4 is 0 Å². The van der Waals surface area contributed by atoms with Crippen LogP contribution in [0.4, 0.5) is 0 Å². The van der Waals surface area contributed by atoms with Gasteiger partial charge in [-0.3, -0.25) is 4.90 Å². The Morgan fingerprint density at radius 2 is 1.95 bits per heavy atom. The molecule has 0 radical (unpaired) electrons. The predicted octanol–water partition coefficient (Wildman–Crippen LogP) is 3.39. The van der Waals surface area contributed by atoms with Gasteiger partial charge in [-0.25, -0.2) is 0 Å². The van der Waals surface area contributed by atoms with E-state index < -0.39 is 0 Å². The highest BCUT2D eigenvalue weighted by atomic mass is 15.3. The van der Waals surface area contributed by atoms with E-state index in [1.165, 1.54) is 37.9 Å². The summed E-state index contributed by atoms with van der Waals surface area (Å²) in [5.74, 6) is 0. The van der Waals surface area contributed by atoms with E-state index in [1.54, 1.807) is 0 Å². The van der Waals surface area contributed by atoms with E-state index in [-0.39, 0.29) is 5.54 Å². The van der Waals surface area contributed by atoms with E-state index in [9.17, 15) is 0 Å². The molecular weight excluding hydrogens is 232 g/mol. The smallest absolute Gasteiger partial charge is 0.0558 e. The van der Waals surface area contributed by atoms with Crippen LogP contribution in [0.15, 0.2) is 30.3 Å². The highest BCUT2D eigenvalue weighted by Gasteiger charge is 2.38. The topological polar surface area (TPSA) is 15.3 Å². The highest BCUT2D eigenvalue weighted by Crippen LogP contribution is 2.31. The van der Waals surface area contributed by atoms with Gasteiger partial charge in [0, 0.05) is 19.1 Å². The van der Waals surface area contributed by atoms with Gasteiger partial charge in [0.2, 0.25) is 0 Å². The Kier molecular flexibility index (Phi) is 5.00. The zero-order chi connectivity index (χ0) is 13.7. The monoisotopic (exact) mass is 260 g/mol. The molecule has 19 heavy (non-hydrogen) atoms. The molecule has 1 saturated heterocycles. The average Bonchev–Trinajstić information content (AvgIpc) is 2.44. The van der Waals surface area contributed by atoms with Crippen LogP contribution in [-0.2, 0) is 5.54 Å². The Morgan fingerprint density at radius 3 is 2.58 bits per heavy atom. The van der Waals surface area contributed by atoms with Crippen molar-refractivity contribution in [2.24, 2.45) is 0 Å². The largest absolute Gasteiger partial charge is 0.311 e. The molecule has 0 spiro atoms. The quantitative estimate of drug-likeness (QED) is 0.873. The van der Waals surface area contributed by atoms with Crippen molar-refractivity contribution in [1.82, 2.24) is 10.2 Å². The average molecular weight is 260 g/mol. The van der Waals surface area contributed by atoms with Gasteiger partial charge in [0.15, 0.2) is 0 Å².